The average Bonchev–Trinajstić information content (AvgIpc) is 3.00. The lowest BCUT2D eigenvalue weighted by molar-refractivity contribution is 0.717. The van der Waals surface area contributed by atoms with E-state index < -0.39 is 0 Å². The highest BCUT2D eigenvalue weighted by Gasteiger charge is 2.11. The number of unbranched alkanes of at least 4 members (excludes halogenated alkanes) is 4. The molecule has 0 aromatic heterocycles. The van der Waals surface area contributed by atoms with Gasteiger partial charge in [-0.2, -0.15) is 0 Å². The smallest absolute Gasteiger partial charge is 0.0406 e. The zero-order valence-corrected chi connectivity index (χ0v) is 23.9. The molecule has 0 heterocycles. The molecular weight excluding hydrogens is 480 g/mol. The van der Waals surface area contributed by atoms with E-state index in [1.807, 2.05) is 0 Å². The van der Waals surface area contributed by atoms with E-state index in [-0.39, 0.29) is 0 Å². The van der Waals surface area contributed by atoms with Crippen molar-refractivity contribution < 1.29 is 0 Å². The van der Waals surface area contributed by atoms with Crippen molar-refractivity contribution in [3.63, 3.8) is 0 Å². The molecular formula is C40H38. The van der Waals surface area contributed by atoms with Crippen LogP contribution in [0.4, 0.5) is 0 Å². The topological polar surface area (TPSA) is 0 Å². The second-order valence-electron chi connectivity index (χ2n) is 10.6. The number of hydrogen-bond donors (Lipinski definition) is 0. The highest BCUT2D eigenvalue weighted by molar-refractivity contribution is 6.09. The SMILES string of the molecule is CCCCCc1ccc(C#Cc2c3ccccc3c(C#Cc3ccc(CCCCC)cc3)c3ccccc23)cc1. The molecule has 0 saturated heterocycles. The number of hydrogen-bond acceptors (Lipinski definition) is 0. The molecule has 0 nitrogen and oxygen atoms in total. The molecule has 5 aromatic carbocycles. The minimum Gasteiger partial charge on any atom is -0.0654 e. The Hall–Kier alpha value is -4.26. The van der Waals surface area contributed by atoms with E-state index >= 15 is 0 Å². The van der Waals surface area contributed by atoms with E-state index in [2.05, 4.69) is 135 Å². The molecule has 0 N–H and O–H groups in total. The van der Waals surface area contributed by atoms with Crippen LogP contribution in [0.2, 0.25) is 0 Å². The summed E-state index contributed by atoms with van der Waals surface area (Å²) in [6, 6.07) is 34.7. The van der Waals surface area contributed by atoms with Crippen molar-refractivity contribution in [1.82, 2.24) is 0 Å². The lowest BCUT2D eigenvalue weighted by Crippen LogP contribution is -1.91. The second-order valence-corrected chi connectivity index (χ2v) is 10.6. The average molecular weight is 519 g/mol. The van der Waals surface area contributed by atoms with Gasteiger partial charge in [-0.3, -0.25) is 0 Å². The molecule has 0 heteroatoms. The molecule has 0 atom stereocenters. The first-order valence-corrected chi connectivity index (χ1v) is 14.9. The molecule has 0 aliphatic heterocycles. The Balaban J connectivity index is 1.50. The van der Waals surface area contributed by atoms with Crippen LogP contribution in [0.15, 0.2) is 97.1 Å². The Kier molecular flexibility index (Phi) is 9.35. The zero-order chi connectivity index (χ0) is 27.6. The largest absolute Gasteiger partial charge is 0.0654 e. The summed E-state index contributed by atoms with van der Waals surface area (Å²) in [5.74, 6) is 14.0. The fourth-order valence-electron chi connectivity index (χ4n) is 5.33. The third-order valence-corrected chi connectivity index (χ3v) is 7.64. The van der Waals surface area contributed by atoms with Gasteiger partial charge in [0.2, 0.25) is 0 Å². The van der Waals surface area contributed by atoms with Gasteiger partial charge in [0.25, 0.3) is 0 Å². The normalized spacial score (nSPS) is 10.7. The molecule has 0 bridgehead atoms. The van der Waals surface area contributed by atoms with Crippen molar-refractivity contribution in [3.05, 3.63) is 130 Å². The van der Waals surface area contributed by atoms with Gasteiger partial charge in [0, 0.05) is 22.3 Å². The van der Waals surface area contributed by atoms with Crippen LogP contribution in [0.5, 0.6) is 0 Å². The predicted molar refractivity (Wildman–Crippen MR) is 173 cm³/mol. The molecule has 0 saturated carbocycles. The Morgan fingerprint density at radius 2 is 0.750 bits per heavy atom. The predicted octanol–water partition coefficient (Wildman–Crippen LogP) is 10.3. The summed E-state index contributed by atoms with van der Waals surface area (Å²) < 4.78 is 0. The van der Waals surface area contributed by atoms with Crippen molar-refractivity contribution in [1.29, 1.82) is 0 Å². The van der Waals surface area contributed by atoms with Crippen molar-refractivity contribution >= 4 is 21.5 Å². The maximum absolute atomic E-state index is 3.55. The highest BCUT2D eigenvalue weighted by Crippen LogP contribution is 2.32. The van der Waals surface area contributed by atoms with E-state index in [9.17, 15) is 0 Å². The summed E-state index contributed by atoms with van der Waals surface area (Å²) in [6.07, 6.45) is 9.86. The third-order valence-electron chi connectivity index (χ3n) is 7.64. The van der Waals surface area contributed by atoms with E-state index in [1.54, 1.807) is 0 Å². The van der Waals surface area contributed by atoms with Crippen LogP contribution in [0.1, 0.15) is 85.8 Å². The maximum atomic E-state index is 3.55. The summed E-state index contributed by atoms with van der Waals surface area (Å²) >= 11 is 0. The Morgan fingerprint density at radius 1 is 0.400 bits per heavy atom. The lowest BCUT2D eigenvalue weighted by Gasteiger charge is -2.10. The van der Waals surface area contributed by atoms with Gasteiger partial charge in [0.05, 0.1) is 0 Å². The van der Waals surface area contributed by atoms with Crippen LogP contribution in [-0.4, -0.2) is 0 Å². The number of rotatable bonds is 8. The van der Waals surface area contributed by atoms with Crippen LogP contribution < -0.4 is 0 Å². The Labute approximate surface area is 240 Å². The van der Waals surface area contributed by atoms with Gasteiger partial charge < -0.3 is 0 Å². The number of benzene rings is 5. The second kappa shape index (κ2) is 13.7. The molecule has 0 radical (unpaired) electrons. The van der Waals surface area contributed by atoms with Gasteiger partial charge in [0.1, 0.15) is 0 Å². The Bertz CT molecular complexity index is 1510. The van der Waals surface area contributed by atoms with Gasteiger partial charge in [-0.05, 0) is 82.6 Å². The third kappa shape index (κ3) is 6.65. The van der Waals surface area contributed by atoms with Gasteiger partial charge in [-0.25, -0.2) is 0 Å². The van der Waals surface area contributed by atoms with Crippen LogP contribution in [0, 0.1) is 23.7 Å². The zero-order valence-electron chi connectivity index (χ0n) is 23.9. The van der Waals surface area contributed by atoms with E-state index in [4.69, 9.17) is 0 Å². The van der Waals surface area contributed by atoms with Gasteiger partial charge in [0.15, 0.2) is 0 Å². The fraction of sp³-hybridized carbons (Fsp3) is 0.250. The molecule has 0 fully saturated rings. The molecule has 198 valence electrons. The van der Waals surface area contributed by atoms with Crippen LogP contribution in [0.25, 0.3) is 21.5 Å². The van der Waals surface area contributed by atoms with E-state index in [0.29, 0.717) is 0 Å². The highest BCUT2D eigenvalue weighted by atomic mass is 14.1. The van der Waals surface area contributed by atoms with Crippen LogP contribution in [-0.2, 0) is 12.8 Å². The summed E-state index contributed by atoms with van der Waals surface area (Å²) in [7, 11) is 0. The molecule has 0 spiro atoms. The van der Waals surface area contributed by atoms with Crippen molar-refractivity contribution in [3.8, 4) is 23.7 Å². The van der Waals surface area contributed by atoms with E-state index in [1.165, 1.54) is 49.7 Å². The quantitative estimate of drug-likeness (QED) is 0.109. The summed E-state index contributed by atoms with van der Waals surface area (Å²) in [6.45, 7) is 4.50. The minimum atomic E-state index is 1.05. The fourth-order valence-corrected chi connectivity index (χ4v) is 5.33. The molecule has 0 unspecified atom stereocenters. The van der Waals surface area contributed by atoms with Crippen LogP contribution in [0.3, 0.4) is 0 Å². The Morgan fingerprint density at radius 3 is 1.07 bits per heavy atom. The standard InChI is InChI=1S/C40H38/c1-3-5-7-13-31-19-23-33(24-20-31)27-29-39-35-15-9-11-17-37(35)40(38-18-12-10-16-36(38)39)30-28-34-25-21-32(22-26-34)14-8-6-4-2/h9-12,15-26H,3-8,13-14H2,1-2H3. The molecule has 0 aliphatic carbocycles. The lowest BCUT2D eigenvalue weighted by atomic mass is 9.91. The van der Waals surface area contributed by atoms with Gasteiger partial charge >= 0.3 is 0 Å². The minimum absolute atomic E-state index is 1.05. The monoisotopic (exact) mass is 518 g/mol. The molecule has 5 aromatic rings. The van der Waals surface area contributed by atoms with Crippen LogP contribution >= 0.6 is 0 Å². The maximum Gasteiger partial charge on any atom is 0.0406 e. The van der Waals surface area contributed by atoms with Crippen molar-refractivity contribution in [2.75, 3.05) is 0 Å². The first-order valence-electron chi connectivity index (χ1n) is 14.9. The van der Waals surface area contributed by atoms with Gasteiger partial charge in [-0.15, -0.1) is 0 Å². The van der Waals surface area contributed by atoms with E-state index in [0.717, 1.165) is 56.6 Å². The first-order chi connectivity index (χ1) is 19.8. The number of fused-ring (bicyclic) bond motifs is 2. The van der Waals surface area contributed by atoms with Gasteiger partial charge in [-0.1, -0.05) is 136 Å². The van der Waals surface area contributed by atoms with Crippen molar-refractivity contribution in [2.24, 2.45) is 0 Å². The number of aryl methyl sites for hydroxylation is 2. The summed E-state index contributed by atoms with van der Waals surface area (Å²) in [4.78, 5) is 0. The molecule has 40 heavy (non-hydrogen) atoms. The molecule has 0 aliphatic rings. The molecule has 5 rings (SSSR count). The molecule has 0 amide bonds. The summed E-state index contributed by atoms with van der Waals surface area (Å²) in [5.41, 5.74) is 7.03. The first kappa shape index (κ1) is 27.3. The van der Waals surface area contributed by atoms with Crippen molar-refractivity contribution in [2.45, 2.75) is 65.2 Å². The summed E-state index contributed by atoms with van der Waals surface area (Å²) in [5, 5.41) is 4.61.